The van der Waals surface area contributed by atoms with E-state index >= 15 is 0 Å². The summed E-state index contributed by atoms with van der Waals surface area (Å²) < 4.78 is 0. The van der Waals surface area contributed by atoms with Gasteiger partial charge in [-0.05, 0) is 96.5 Å². The summed E-state index contributed by atoms with van der Waals surface area (Å²) >= 11 is 0. The van der Waals surface area contributed by atoms with Crippen molar-refractivity contribution in [2.75, 3.05) is 0 Å². The van der Waals surface area contributed by atoms with Gasteiger partial charge in [-0.25, -0.2) is 0 Å². The molecule has 0 amide bonds. The highest BCUT2D eigenvalue weighted by atomic mass is 16.3. The van der Waals surface area contributed by atoms with Gasteiger partial charge in [0.05, 0.1) is 17.5 Å². The molecule has 1 fully saturated rings. The van der Waals surface area contributed by atoms with Crippen LogP contribution in [0.1, 0.15) is 114 Å². The highest BCUT2D eigenvalue weighted by molar-refractivity contribution is 5.50. The number of fused-ring (bicyclic) bond motifs is 2. The van der Waals surface area contributed by atoms with Crippen LogP contribution in [0.3, 0.4) is 0 Å². The third-order valence-electron chi connectivity index (χ3n) is 10.1. The molecule has 30 heavy (non-hydrogen) atoms. The van der Waals surface area contributed by atoms with Gasteiger partial charge in [-0.3, -0.25) is 0 Å². The Morgan fingerprint density at radius 3 is 2.53 bits per heavy atom. The van der Waals surface area contributed by atoms with Gasteiger partial charge in [0, 0.05) is 0 Å². The van der Waals surface area contributed by atoms with Gasteiger partial charge in [0.25, 0.3) is 0 Å². The molecule has 0 spiro atoms. The van der Waals surface area contributed by atoms with Crippen molar-refractivity contribution in [1.82, 2.24) is 10.2 Å². The molecule has 4 aliphatic rings. The van der Waals surface area contributed by atoms with Gasteiger partial charge in [0.2, 0.25) is 0 Å². The fraction of sp³-hybridized carbons (Fsp3) is 0.852. The summed E-state index contributed by atoms with van der Waals surface area (Å²) in [7, 11) is 0. The lowest BCUT2D eigenvalue weighted by molar-refractivity contribution is -0.0145. The molecule has 0 aromatic carbocycles. The first-order valence-corrected chi connectivity index (χ1v) is 12.8. The Balaban J connectivity index is 1.49. The number of rotatable bonds is 5. The molecular weight excluding hydrogens is 368 g/mol. The second-order valence-electron chi connectivity index (χ2n) is 12.3. The van der Waals surface area contributed by atoms with E-state index in [2.05, 4.69) is 34.6 Å². The molecule has 4 aliphatic carbocycles. The van der Waals surface area contributed by atoms with E-state index in [1.807, 2.05) is 0 Å². The summed E-state index contributed by atoms with van der Waals surface area (Å²) in [4.78, 5) is 0. The first-order valence-electron chi connectivity index (χ1n) is 12.8. The molecular formula is C27H42N2O. The fourth-order valence-electron chi connectivity index (χ4n) is 8.29. The molecule has 3 heteroatoms. The molecule has 0 saturated heterocycles. The van der Waals surface area contributed by atoms with Crippen molar-refractivity contribution in [3.05, 3.63) is 22.5 Å². The van der Waals surface area contributed by atoms with Crippen LogP contribution in [0.5, 0.6) is 0 Å². The maximum Gasteiger partial charge on any atom is 0.0674 e. The zero-order chi connectivity index (χ0) is 21.3. The number of aromatic nitrogens is 2. The molecule has 0 bridgehead atoms. The van der Waals surface area contributed by atoms with E-state index in [1.54, 1.807) is 11.1 Å². The zero-order valence-corrected chi connectivity index (χ0v) is 19.9. The highest BCUT2D eigenvalue weighted by Gasteiger charge is 2.57. The largest absolute Gasteiger partial charge is 0.393 e. The number of hydrogen-bond donors (Lipinski definition) is 1. The molecule has 4 unspecified atom stereocenters. The van der Waals surface area contributed by atoms with Crippen molar-refractivity contribution in [2.45, 2.75) is 116 Å². The van der Waals surface area contributed by atoms with Crippen molar-refractivity contribution in [3.63, 3.8) is 0 Å². The number of aliphatic hydroxyl groups excluding tert-OH is 1. The second kappa shape index (κ2) is 7.29. The minimum atomic E-state index is -0.114. The van der Waals surface area contributed by atoms with Gasteiger partial charge in [-0.2, -0.15) is 10.2 Å². The summed E-state index contributed by atoms with van der Waals surface area (Å²) in [5, 5.41) is 20.0. The molecule has 0 radical (unpaired) electrons. The summed E-state index contributed by atoms with van der Waals surface area (Å²) in [5.74, 6) is 3.49. The standard InChI is InChI=1S/C27H42N2O/c1-16(2)7-6-8-17(3)21-15-23-25-24-20(10-12-27(21,25)5)26(4)11-9-19(30)13-18(26)14-22(24)28-29-23/h16-21,30H,6-15H2,1-5H3/t17-,18-,19+,20?,21?,26?,27?/m1/s1. The molecule has 1 aromatic rings. The third kappa shape index (κ3) is 3.01. The van der Waals surface area contributed by atoms with Crippen LogP contribution in [0, 0.1) is 29.1 Å². The minimum Gasteiger partial charge on any atom is -0.393 e. The Morgan fingerprint density at radius 1 is 1.00 bits per heavy atom. The van der Waals surface area contributed by atoms with Crippen LogP contribution >= 0.6 is 0 Å². The van der Waals surface area contributed by atoms with Crippen molar-refractivity contribution in [3.8, 4) is 0 Å². The number of nitrogens with zero attached hydrogens (tertiary/aromatic N) is 2. The van der Waals surface area contributed by atoms with E-state index in [-0.39, 0.29) is 6.10 Å². The van der Waals surface area contributed by atoms with E-state index in [1.165, 1.54) is 49.9 Å². The van der Waals surface area contributed by atoms with E-state index in [9.17, 15) is 5.11 Å². The quantitative estimate of drug-likeness (QED) is 0.650. The van der Waals surface area contributed by atoms with Crippen LogP contribution in [-0.4, -0.2) is 21.4 Å². The predicted molar refractivity (Wildman–Crippen MR) is 122 cm³/mol. The van der Waals surface area contributed by atoms with Crippen LogP contribution in [0.15, 0.2) is 0 Å². The van der Waals surface area contributed by atoms with Gasteiger partial charge in [-0.1, -0.05) is 53.9 Å². The molecule has 1 aromatic heterocycles. The SMILES string of the molecule is CC(C)CCC[C@@H](C)C1Cc2nnc3c4c2C1(C)CCC4C1(C)CC[C@H](O)C[C@@H]1C3. The normalized spacial score (nSPS) is 40.2. The topological polar surface area (TPSA) is 46.0 Å². The van der Waals surface area contributed by atoms with Crippen LogP contribution in [0.4, 0.5) is 0 Å². The summed E-state index contributed by atoms with van der Waals surface area (Å²) in [5.41, 5.74) is 6.51. The smallest absolute Gasteiger partial charge is 0.0674 e. The van der Waals surface area contributed by atoms with E-state index in [0.717, 1.165) is 43.4 Å². The Kier molecular flexibility index (Phi) is 5.08. The maximum atomic E-state index is 10.3. The zero-order valence-electron chi connectivity index (χ0n) is 19.9. The molecule has 7 atom stereocenters. The second-order valence-corrected chi connectivity index (χ2v) is 12.3. The van der Waals surface area contributed by atoms with Crippen molar-refractivity contribution in [2.24, 2.45) is 29.1 Å². The van der Waals surface area contributed by atoms with Crippen molar-refractivity contribution in [1.29, 1.82) is 0 Å². The van der Waals surface area contributed by atoms with Crippen molar-refractivity contribution < 1.29 is 5.11 Å². The minimum absolute atomic E-state index is 0.114. The Hall–Kier alpha value is -0.960. The Morgan fingerprint density at radius 2 is 1.77 bits per heavy atom. The van der Waals surface area contributed by atoms with Crippen molar-refractivity contribution >= 4 is 0 Å². The lowest BCUT2D eigenvalue weighted by atomic mass is 9.49. The summed E-state index contributed by atoms with van der Waals surface area (Å²) in [6, 6.07) is 0. The first-order chi connectivity index (χ1) is 14.2. The third-order valence-corrected chi connectivity index (χ3v) is 10.1. The first kappa shape index (κ1) is 20.9. The average Bonchev–Trinajstić information content (AvgIpc) is 3.00. The Bertz CT molecular complexity index is 819. The average molecular weight is 411 g/mol. The van der Waals surface area contributed by atoms with Crippen LogP contribution in [0.25, 0.3) is 0 Å². The molecule has 3 nitrogen and oxygen atoms in total. The molecule has 1 heterocycles. The molecule has 1 saturated carbocycles. The van der Waals surface area contributed by atoms with Gasteiger partial charge >= 0.3 is 0 Å². The van der Waals surface area contributed by atoms with Gasteiger partial charge < -0.3 is 5.11 Å². The van der Waals surface area contributed by atoms with Gasteiger partial charge in [0.1, 0.15) is 0 Å². The highest BCUT2D eigenvalue weighted by Crippen LogP contribution is 2.64. The number of hydrogen-bond acceptors (Lipinski definition) is 3. The predicted octanol–water partition coefficient (Wildman–Crippen LogP) is 5.97. The Labute approximate surface area is 183 Å². The maximum absolute atomic E-state index is 10.3. The molecule has 166 valence electrons. The summed E-state index contributed by atoms with van der Waals surface area (Å²) in [6.07, 6.45) is 11.8. The molecule has 0 aliphatic heterocycles. The van der Waals surface area contributed by atoms with Crippen LogP contribution in [0.2, 0.25) is 0 Å². The number of aliphatic hydroxyl groups is 1. The fourth-order valence-corrected chi connectivity index (χ4v) is 8.29. The lowest BCUT2D eigenvalue weighted by Crippen LogP contribution is -2.49. The monoisotopic (exact) mass is 410 g/mol. The van der Waals surface area contributed by atoms with E-state index < -0.39 is 0 Å². The molecule has 5 rings (SSSR count). The van der Waals surface area contributed by atoms with Crippen LogP contribution < -0.4 is 0 Å². The summed E-state index contributed by atoms with van der Waals surface area (Å²) in [6.45, 7) is 12.3. The van der Waals surface area contributed by atoms with Gasteiger partial charge in [0.15, 0.2) is 0 Å². The van der Waals surface area contributed by atoms with E-state index in [0.29, 0.717) is 22.7 Å². The van der Waals surface area contributed by atoms with E-state index in [4.69, 9.17) is 10.2 Å². The van der Waals surface area contributed by atoms with Gasteiger partial charge in [-0.15, -0.1) is 0 Å². The van der Waals surface area contributed by atoms with Crippen LogP contribution in [-0.2, 0) is 18.3 Å². The molecule has 1 N–H and O–H groups in total. The lowest BCUT2D eigenvalue weighted by Gasteiger charge is -2.55.